The predicted octanol–water partition coefficient (Wildman–Crippen LogP) is 0.567. The Balaban J connectivity index is 1.78. The van der Waals surface area contributed by atoms with Crippen LogP contribution in [0.3, 0.4) is 0 Å². The Hall–Kier alpha value is -2.74. The second-order valence-electron chi connectivity index (χ2n) is 6.32. The molecule has 8 nitrogen and oxygen atoms in total. The molecule has 3 heterocycles. The van der Waals surface area contributed by atoms with Crippen LogP contribution in [-0.2, 0) is 11.3 Å². The van der Waals surface area contributed by atoms with E-state index in [9.17, 15) is 14.7 Å². The summed E-state index contributed by atoms with van der Waals surface area (Å²) in [4.78, 5) is 28.9. The molecular weight excluding hydrogens is 322 g/mol. The van der Waals surface area contributed by atoms with E-state index in [1.165, 1.54) is 10.8 Å². The summed E-state index contributed by atoms with van der Waals surface area (Å²) in [7, 11) is 0. The van der Waals surface area contributed by atoms with E-state index in [4.69, 9.17) is 0 Å². The molecule has 3 aromatic heterocycles. The van der Waals surface area contributed by atoms with Crippen LogP contribution in [0.15, 0.2) is 35.5 Å². The molecule has 0 radical (unpaired) electrons. The van der Waals surface area contributed by atoms with Crippen molar-refractivity contribution in [1.29, 1.82) is 0 Å². The number of rotatable bonds is 6. The Morgan fingerprint density at radius 1 is 1.36 bits per heavy atom. The highest BCUT2D eigenvalue weighted by Gasteiger charge is 2.15. The number of aliphatic hydroxyl groups is 1. The van der Waals surface area contributed by atoms with Gasteiger partial charge in [-0.25, -0.2) is 9.50 Å². The summed E-state index contributed by atoms with van der Waals surface area (Å²) >= 11 is 0. The van der Waals surface area contributed by atoms with E-state index < -0.39 is 0 Å². The molecule has 0 aliphatic rings. The van der Waals surface area contributed by atoms with Crippen molar-refractivity contribution in [3.63, 3.8) is 0 Å². The summed E-state index contributed by atoms with van der Waals surface area (Å²) in [5.74, 6) is -0.0553. The average molecular weight is 343 g/mol. The minimum atomic E-state index is -0.280. The first-order valence-electron chi connectivity index (χ1n) is 8.23. The minimum Gasteiger partial charge on any atom is -0.394 e. The standard InChI is InChI=1S/C17H21N5O3/c1-11(2)13(10-23)20-16(24)5-8-21-7-4-14-12(17(21)25)9-18-15-3-6-19-22(14)15/h3-4,6-7,9,11,13,23H,5,8,10H2,1-2H3,(H,20,24)/t13-/m1/s1. The maximum absolute atomic E-state index is 12.6. The Kier molecular flexibility index (Phi) is 4.80. The van der Waals surface area contributed by atoms with Crippen LogP contribution in [0.25, 0.3) is 16.6 Å². The van der Waals surface area contributed by atoms with Gasteiger partial charge in [0.05, 0.1) is 29.7 Å². The predicted molar refractivity (Wildman–Crippen MR) is 93.2 cm³/mol. The van der Waals surface area contributed by atoms with Gasteiger partial charge in [-0.15, -0.1) is 0 Å². The molecule has 0 aromatic carbocycles. The fourth-order valence-electron chi connectivity index (χ4n) is 2.70. The van der Waals surface area contributed by atoms with Gasteiger partial charge in [-0.05, 0) is 12.0 Å². The lowest BCUT2D eigenvalue weighted by Gasteiger charge is -2.20. The lowest BCUT2D eigenvalue weighted by molar-refractivity contribution is -0.122. The van der Waals surface area contributed by atoms with Crippen LogP contribution in [0.2, 0.25) is 0 Å². The molecule has 0 saturated carbocycles. The number of aliphatic hydroxyl groups excluding tert-OH is 1. The first kappa shape index (κ1) is 17.1. The molecule has 0 bridgehead atoms. The van der Waals surface area contributed by atoms with Crippen LogP contribution in [0.1, 0.15) is 20.3 Å². The molecule has 132 valence electrons. The maximum Gasteiger partial charge on any atom is 0.261 e. The smallest absolute Gasteiger partial charge is 0.261 e. The van der Waals surface area contributed by atoms with Gasteiger partial charge < -0.3 is 15.0 Å². The summed E-state index contributed by atoms with van der Waals surface area (Å²) in [6.45, 7) is 4.01. The van der Waals surface area contributed by atoms with Crippen molar-refractivity contribution in [2.45, 2.75) is 32.9 Å². The van der Waals surface area contributed by atoms with Gasteiger partial charge in [-0.1, -0.05) is 13.8 Å². The molecule has 3 rings (SSSR count). The fourth-order valence-corrected chi connectivity index (χ4v) is 2.70. The number of nitrogens with one attached hydrogen (secondary N) is 1. The van der Waals surface area contributed by atoms with E-state index in [-0.39, 0.29) is 43.0 Å². The molecule has 0 saturated heterocycles. The first-order chi connectivity index (χ1) is 12.0. The molecular formula is C17H21N5O3. The Labute approximate surface area is 144 Å². The molecule has 0 spiro atoms. The van der Waals surface area contributed by atoms with Gasteiger partial charge in [0.1, 0.15) is 0 Å². The average Bonchev–Trinajstić information content (AvgIpc) is 3.07. The third-order valence-corrected chi connectivity index (χ3v) is 4.28. The van der Waals surface area contributed by atoms with Gasteiger partial charge in [0.2, 0.25) is 5.91 Å². The van der Waals surface area contributed by atoms with Crippen molar-refractivity contribution >= 4 is 22.5 Å². The number of hydrogen-bond donors (Lipinski definition) is 2. The van der Waals surface area contributed by atoms with Crippen LogP contribution >= 0.6 is 0 Å². The number of carbonyl (C=O) groups is 1. The molecule has 2 N–H and O–H groups in total. The van der Waals surface area contributed by atoms with Crippen molar-refractivity contribution in [3.8, 4) is 0 Å². The van der Waals surface area contributed by atoms with E-state index in [0.717, 1.165) is 0 Å². The molecule has 0 aliphatic heterocycles. The summed E-state index contributed by atoms with van der Waals surface area (Å²) < 4.78 is 3.10. The zero-order valence-electron chi connectivity index (χ0n) is 14.2. The largest absolute Gasteiger partial charge is 0.394 e. The van der Waals surface area contributed by atoms with E-state index in [1.807, 2.05) is 13.8 Å². The number of aryl methyl sites for hydroxylation is 1. The highest BCUT2D eigenvalue weighted by atomic mass is 16.3. The molecule has 1 atom stereocenters. The van der Waals surface area contributed by atoms with Gasteiger partial charge in [-0.3, -0.25) is 9.59 Å². The summed E-state index contributed by atoms with van der Waals surface area (Å²) in [5.41, 5.74) is 1.14. The van der Waals surface area contributed by atoms with Crippen molar-refractivity contribution in [2.75, 3.05) is 6.61 Å². The maximum atomic E-state index is 12.6. The summed E-state index contributed by atoms with van der Waals surface area (Å²) in [6, 6.07) is 3.28. The Morgan fingerprint density at radius 3 is 2.88 bits per heavy atom. The zero-order chi connectivity index (χ0) is 18.0. The summed E-state index contributed by atoms with van der Waals surface area (Å²) in [5, 5.41) is 16.7. The van der Waals surface area contributed by atoms with Gasteiger partial charge in [0.15, 0.2) is 5.65 Å². The highest BCUT2D eigenvalue weighted by Crippen LogP contribution is 2.10. The number of fused-ring (bicyclic) bond motifs is 3. The normalized spacial score (nSPS) is 12.8. The molecule has 1 amide bonds. The number of carbonyl (C=O) groups excluding carboxylic acids is 1. The quantitative estimate of drug-likeness (QED) is 0.681. The van der Waals surface area contributed by atoms with Crippen molar-refractivity contribution in [2.24, 2.45) is 5.92 Å². The number of pyridine rings is 1. The number of amides is 1. The molecule has 25 heavy (non-hydrogen) atoms. The Bertz CT molecular complexity index is 960. The van der Waals surface area contributed by atoms with Crippen molar-refractivity contribution < 1.29 is 9.90 Å². The van der Waals surface area contributed by atoms with Crippen molar-refractivity contribution in [3.05, 3.63) is 41.1 Å². The lowest BCUT2D eigenvalue weighted by atomic mass is 10.1. The second-order valence-corrected chi connectivity index (χ2v) is 6.32. The van der Waals surface area contributed by atoms with Crippen LogP contribution in [0, 0.1) is 5.92 Å². The van der Waals surface area contributed by atoms with Gasteiger partial charge >= 0.3 is 0 Å². The van der Waals surface area contributed by atoms with Crippen LogP contribution in [0.5, 0.6) is 0 Å². The topological polar surface area (TPSA) is 102 Å². The van der Waals surface area contributed by atoms with E-state index in [0.29, 0.717) is 16.6 Å². The molecule has 8 heteroatoms. The van der Waals surface area contributed by atoms with Gasteiger partial charge in [0, 0.05) is 31.4 Å². The highest BCUT2D eigenvalue weighted by molar-refractivity contribution is 5.79. The van der Waals surface area contributed by atoms with Gasteiger partial charge in [-0.2, -0.15) is 5.10 Å². The lowest BCUT2D eigenvalue weighted by Crippen LogP contribution is -2.41. The number of nitrogens with zero attached hydrogens (tertiary/aromatic N) is 4. The third kappa shape index (κ3) is 3.39. The monoisotopic (exact) mass is 343 g/mol. The third-order valence-electron chi connectivity index (χ3n) is 4.28. The van der Waals surface area contributed by atoms with Crippen LogP contribution < -0.4 is 10.9 Å². The minimum absolute atomic E-state index is 0.106. The van der Waals surface area contributed by atoms with E-state index >= 15 is 0 Å². The molecule has 0 unspecified atom stereocenters. The fraction of sp³-hybridized carbons (Fsp3) is 0.412. The van der Waals surface area contributed by atoms with Crippen molar-refractivity contribution in [1.82, 2.24) is 24.5 Å². The Morgan fingerprint density at radius 2 is 2.16 bits per heavy atom. The van der Waals surface area contributed by atoms with Gasteiger partial charge in [0.25, 0.3) is 5.56 Å². The SMILES string of the molecule is CC(C)[C@@H](CO)NC(=O)CCn1ccc2c(cnc3ccnn32)c1=O. The second kappa shape index (κ2) is 7.02. The number of aromatic nitrogens is 4. The first-order valence-corrected chi connectivity index (χ1v) is 8.23. The van der Waals surface area contributed by atoms with Crippen LogP contribution in [-0.4, -0.2) is 42.8 Å². The number of hydrogen-bond acceptors (Lipinski definition) is 5. The molecule has 0 aliphatic carbocycles. The van der Waals surface area contributed by atoms with Crippen LogP contribution in [0.4, 0.5) is 0 Å². The molecule has 3 aromatic rings. The zero-order valence-corrected chi connectivity index (χ0v) is 14.2. The summed E-state index contributed by atoms with van der Waals surface area (Å²) in [6.07, 6.45) is 4.98. The molecule has 0 fully saturated rings. The van der Waals surface area contributed by atoms with E-state index in [1.54, 1.807) is 29.0 Å². The van der Waals surface area contributed by atoms with E-state index in [2.05, 4.69) is 15.4 Å².